The molecule has 0 heterocycles. The van der Waals surface area contributed by atoms with Crippen LogP contribution in [0, 0.1) is 17.8 Å². The molecule has 0 saturated carbocycles. The molecule has 8 amide bonds. The van der Waals surface area contributed by atoms with E-state index in [2.05, 4.69) is 42.5 Å². The Bertz CT molecular complexity index is 2200. The molecule has 430 valence electrons. The number of unbranched alkanes of at least 4 members (excludes halogenated alkanes) is 2. The molecule has 24 nitrogen and oxygen atoms in total. The molecule has 24 heteroatoms. The Labute approximate surface area is 451 Å². The Hall–Kier alpha value is -6.73. The smallest absolute Gasteiger partial charge is 0.326 e. The number of aliphatic hydroxyl groups excluding tert-OH is 2. The van der Waals surface area contributed by atoms with Gasteiger partial charge in [-0.05, 0) is 105 Å². The standard InChI is InChI=1S/C53H85N11O13/c1-30(2)24-39(59-45(68)36(56)28-65)49(72)63-43(29-66)52(75)60-40(25-31(3)4)48(71)61-41(26-33-14-8-7-9-15-33)51(74)62-42(27-34-18-20-35(67)21-19-34)50(73)58-37(16-10-12-22-54)46(69)57-38(17-11-13-23-55)47(70)64-44(32(5)6)53(76)77/h7-9,14-15,18-21,30-32,36-44,65-67H,10-13,16-17,22-29,54-56H2,1-6H3,(H,57,69)(H,58,73)(H,59,68)(H,60,75)(H,61,71)(H,62,74)(H,63,72)(H,64,70)(H,76,77)/t36-,37-,38-,39-,40-,41-,42-,43-,44-/m0/s1. The number of phenolic OH excluding ortho intramolecular Hbond substituents is 1. The third-order valence-electron chi connectivity index (χ3n) is 12.3. The third-order valence-corrected chi connectivity index (χ3v) is 12.3. The molecule has 2 rings (SSSR count). The number of aromatic hydroxyl groups is 1. The molecule has 2 aromatic carbocycles. The summed E-state index contributed by atoms with van der Waals surface area (Å²) in [5, 5.41) is 60.3. The van der Waals surface area contributed by atoms with Crippen molar-refractivity contribution in [3.63, 3.8) is 0 Å². The molecule has 18 N–H and O–H groups in total. The van der Waals surface area contributed by atoms with Crippen LogP contribution < -0.4 is 59.7 Å². The van der Waals surface area contributed by atoms with E-state index in [1.54, 1.807) is 71.9 Å². The highest BCUT2D eigenvalue weighted by molar-refractivity contribution is 5.98. The van der Waals surface area contributed by atoms with Crippen molar-refractivity contribution in [1.82, 2.24) is 42.5 Å². The number of carboxylic acids is 1. The van der Waals surface area contributed by atoms with Crippen LogP contribution in [0.4, 0.5) is 0 Å². The SMILES string of the molecule is CC(C)C[C@H](NC(=O)[C@H](CO)NC(=O)[C@H](CC(C)C)NC(=O)[C@@H](N)CO)C(=O)N[C@@H](Cc1ccccc1)C(=O)N[C@@H](Cc1ccc(O)cc1)C(=O)N[C@@H](CCCCN)C(=O)N[C@@H](CCCCN)C(=O)N[C@H](C(=O)O)C(C)C. The Morgan fingerprint density at radius 2 is 0.818 bits per heavy atom. The zero-order valence-corrected chi connectivity index (χ0v) is 45.2. The molecule has 0 saturated heterocycles. The zero-order valence-electron chi connectivity index (χ0n) is 45.2. The van der Waals surface area contributed by atoms with Crippen molar-refractivity contribution in [3.05, 3.63) is 65.7 Å². The Kier molecular flexibility index (Phi) is 30.0. The maximum absolute atomic E-state index is 14.7. The number of carbonyl (C=O) groups excluding carboxylic acids is 8. The summed E-state index contributed by atoms with van der Waals surface area (Å²) in [5.41, 5.74) is 18.2. The fourth-order valence-corrected chi connectivity index (χ4v) is 8.02. The topological polar surface area (TPSA) is 409 Å². The predicted octanol–water partition coefficient (Wildman–Crippen LogP) is -1.54. The van der Waals surface area contributed by atoms with Crippen molar-refractivity contribution in [2.45, 2.75) is 160 Å². The molecule has 0 aliphatic heterocycles. The first-order valence-corrected chi connectivity index (χ1v) is 26.3. The van der Waals surface area contributed by atoms with Gasteiger partial charge in [-0.15, -0.1) is 0 Å². The summed E-state index contributed by atoms with van der Waals surface area (Å²) in [6.45, 7) is 9.30. The lowest BCUT2D eigenvalue weighted by Crippen LogP contribution is -2.61. The summed E-state index contributed by atoms with van der Waals surface area (Å²) in [4.78, 5) is 123. The lowest BCUT2D eigenvalue weighted by molar-refractivity contribution is -0.143. The fourth-order valence-electron chi connectivity index (χ4n) is 8.02. The van der Waals surface area contributed by atoms with Crippen molar-refractivity contribution in [2.24, 2.45) is 35.0 Å². The minimum Gasteiger partial charge on any atom is -0.508 e. The number of carbonyl (C=O) groups is 9. The number of phenols is 1. The summed E-state index contributed by atoms with van der Waals surface area (Å²) >= 11 is 0. The number of aliphatic hydroxyl groups is 2. The van der Waals surface area contributed by atoms with E-state index in [0.29, 0.717) is 43.4 Å². The largest absolute Gasteiger partial charge is 0.508 e. The highest BCUT2D eigenvalue weighted by atomic mass is 16.4. The number of amides is 8. The number of carboxylic acid groups (broad SMARTS) is 1. The van der Waals surface area contributed by atoms with Crippen LogP contribution in [0.5, 0.6) is 5.75 Å². The van der Waals surface area contributed by atoms with Crippen molar-refractivity contribution in [2.75, 3.05) is 26.3 Å². The monoisotopic (exact) mass is 1080 g/mol. The first kappa shape index (κ1) is 66.4. The molecule has 0 aliphatic carbocycles. The Morgan fingerprint density at radius 3 is 1.22 bits per heavy atom. The van der Waals surface area contributed by atoms with E-state index >= 15 is 0 Å². The number of aliphatic carboxylic acids is 1. The van der Waals surface area contributed by atoms with Gasteiger partial charge in [0.05, 0.1) is 13.2 Å². The van der Waals surface area contributed by atoms with Gasteiger partial charge < -0.3 is 80.2 Å². The summed E-state index contributed by atoms with van der Waals surface area (Å²) < 4.78 is 0. The van der Waals surface area contributed by atoms with Gasteiger partial charge in [-0.2, -0.15) is 0 Å². The number of nitrogens with one attached hydrogen (secondary N) is 8. The van der Waals surface area contributed by atoms with Crippen molar-refractivity contribution >= 4 is 53.2 Å². The van der Waals surface area contributed by atoms with Gasteiger partial charge in [0.25, 0.3) is 0 Å². The highest BCUT2D eigenvalue weighted by Gasteiger charge is 2.36. The van der Waals surface area contributed by atoms with Gasteiger partial charge in [-0.3, -0.25) is 38.4 Å². The van der Waals surface area contributed by atoms with Crippen LogP contribution in [-0.4, -0.2) is 154 Å². The van der Waals surface area contributed by atoms with Crippen LogP contribution >= 0.6 is 0 Å². The van der Waals surface area contributed by atoms with Crippen molar-refractivity contribution < 1.29 is 63.6 Å². The van der Waals surface area contributed by atoms with Crippen LogP contribution in [0.2, 0.25) is 0 Å². The minimum atomic E-state index is -1.61. The van der Waals surface area contributed by atoms with Gasteiger partial charge in [0.1, 0.15) is 60.1 Å². The summed E-state index contributed by atoms with van der Waals surface area (Å²) in [6.07, 6.45) is 1.65. The van der Waals surface area contributed by atoms with Crippen LogP contribution in [0.3, 0.4) is 0 Å². The Morgan fingerprint density at radius 1 is 0.455 bits per heavy atom. The fraction of sp³-hybridized carbons (Fsp3) is 0.604. The van der Waals surface area contributed by atoms with Crippen LogP contribution in [0.1, 0.15) is 104 Å². The summed E-state index contributed by atoms with van der Waals surface area (Å²) in [7, 11) is 0. The quantitative estimate of drug-likeness (QED) is 0.0344. The van der Waals surface area contributed by atoms with Gasteiger partial charge in [-0.1, -0.05) is 84.0 Å². The average Bonchev–Trinajstić information content (AvgIpc) is 3.37. The van der Waals surface area contributed by atoms with Crippen LogP contribution in [0.15, 0.2) is 54.6 Å². The molecule has 0 radical (unpaired) electrons. The van der Waals surface area contributed by atoms with E-state index in [-0.39, 0.29) is 62.7 Å². The maximum Gasteiger partial charge on any atom is 0.326 e. The van der Waals surface area contributed by atoms with Crippen LogP contribution in [-0.2, 0) is 56.0 Å². The number of hydrogen-bond acceptors (Lipinski definition) is 15. The molecule has 0 unspecified atom stereocenters. The molecule has 0 spiro atoms. The molecule has 77 heavy (non-hydrogen) atoms. The molecule has 0 aliphatic rings. The zero-order chi connectivity index (χ0) is 57.8. The second-order valence-corrected chi connectivity index (χ2v) is 20.4. The van der Waals surface area contributed by atoms with E-state index < -0.39 is 127 Å². The normalized spacial score (nSPS) is 14.8. The number of rotatable bonds is 36. The van der Waals surface area contributed by atoms with Gasteiger partial charge in [0, 0.05) is 12.8 Å². The molecular weight excluding hydrogens is 999 g/mol. The number of hydrogen-bond donors (Lipinski definition) is 15. The summed E-state index contributed by atoms with van der Waals surface area (Å²) in [5.74, 6) is -8.87. The predicted molar refractivity (Wildman–Crippen MR) is 287 cm³/mol. The van der Waals surface area contributed by atoms with E-state index in [9.17, 15) is 63.6 Å². The molecule has 2 aromatic rings. The van der Waals surface area contributed by atoms with Gasteiger partial charge in [0.15, 0.2) is 0 Å². The maximum atomic E-state index is 14.7. The second-order valence-electron chi connectivity index (χ2n) is 20.4. The van der Waals surface area contributed by atoms with E-state index in [4.69, 9.17) is 17.2 Å². The van der Waals surface area contributed by atoms with E-state index in [1.807, 2.05) is 0 Å². The first-order chi connectivity index (χ1) is 36.4. The average molecular weight is 1080 g/mol. The number of nitrogens with two attached hydrogens (primary N) is 3. The molecule has 0 aromatic heterocycles. The third kappa shape index (κ3) is 24.4. The number of benzene rings is 2. The van der Waals surface area contributed by atoms with Crippen LogP contribution in [0.25, 0.3) is 0 Å². The highest BCUT2D eigenvalue weighted by Crippen LogP contribution is 2.15. The minimum absolute atomic E-state index is 0.0152. The Balaban J connectivity index is 2.56. The molecule has 0 fully saturated rings. The van der Waals surface area contributed by atoms with Crippen molar-refractivity contribution in [1.29, 1.82) is 0 Å². The van der Waals surface area contributed by atoms with Crippen molar-refractivity contribution in [3.8, 4) is 5.75 Å². The van der Waals surface area contributed by atoms with Gasteiger partial charge >= 0.3 is 5.97 Å². The lowest BCUT2D eigenvalue weighted by atomic mass is 9.99. The van der Waals surface area contributed by atoms with Gasteiger partial charge in [0.2, 0.25) is 47.3 Å². The molecular formula is C53H85N11O13. The van der Waals surface area contributed by atoms with E-state index in [1.165, 1.54) is 24.3 Å². The molecule has 9 atom stereocenters. The second kappa shape index (κ2) is 34.8. The lowest BCUT2D eigenvalue weighted by Gasteiger charge is -2.29. The molecule has 0 bridgehead atoms. The summed E-state index contributed by atoms with van der Waals surface area (Å²) in [6, 6.07) is 2.28. The first-order valence-electron chi connectivity index (χ1n) is 26.3. The van der Waals surface area contributed by atoms with Gasteiger partial charge in [-0.25, -0.2) is 4.79 Å². The van der Waals surface area contributed by atoms with E-state index in [0.717, 1.165) is 0 Å².